The van der Waals surface area contributed by atoms with Gasteiger partial charge < -0.3 is 4.79 Å². The van der Waals surface area contributed by atoms with Crippen LogP contribution in [-0.2, 0) is 4.79 Å². The third-order valence-corrected chi connectivity index (χ3v) is 2.93. The Morgan fingerprint density at radius 3 is 2.67 bits per heavy atom. The van der Waals surface area contributed by atoms with E-state index >= 15 is 0 Å². The van der Waals surface area contributed by atoms with Crippen LogP contribution >= 0.6 is 0 Å². The zero-order valence-electron chi connectivity index (χ0n) is 5.76. The zero-order valence-corrected chi connectivity index (χ0v) is 5.76. The second-order valence-corrected chi connectivity index (χ2v) is 3.80. The summed E-state index contributed by atoms with van der Waals surface area (Å²) < 4.78 is 0. The molecule has 2 aliphatic rings. The third kappa shape index (κ3) is 0.577. The summed E-state index contributed by atoms with van der Waals surface area (Å²) in [6.07, 6.45) is 4.86. The van der Waals surface area contributed by atoms with Gasteiger partial charge in [-0.25, -0.2) is 0 Å². The first-order valence-electron chi connectivity index (χ1n) is 3.73. The number of hydrogen-bond donors (Lipinski definition) is 0. The highest BCUT2D eigenvalue weighted by atomic mass is 16.1. The molecule has 1 nitrogen and oxygen atoms in total. The molecule has 2 saturated carbocycles. The van der Waals surface area contributed by atoms with Gasteiger partial charge >= 0.3 is 0 Å². The summed E-state index contributed by atoms with van der Waals surface area (Å²) in [5, 5.41) is 0. The molecule has 0 aliphatic heterocycles. The van der Waals surface area contributed by atoms with Crippen LogP contribution in [0.15, 0.2) is 0 Å². The normalized spacial score (nSPS) is 54.8. The predicted octanol–water partition coefficient (Wildman–Crippen LogP) is 1.62. The molecule has 9 heavy (non-hydrogen) atoms. The average Bonchev–Trinajstić information content (AvgIpc) is 2.38. The molecule has 3 atom stereocenters. The minimum atomic E-state index is 0.194. The predicted molar refractivity (Wildman–Crippen MR) is 35.0 cm³/mol. The largest absolute Gasteiger partial charge is 0.303 e. The Kier molecular flexibility index (Phi) is 0.842. The summed E-state index contributed by atoms with van der Waals surface area (Å²) in [7, 11) is 0. The Labute approximate surface area is 55.4 Å². The summed E-state index contributed by atoms with van der Waals surface area (Å²) >= 11 is 0. The minimum Gasteiger partial charge on any atom is -0.303 e. The van der Waals surface area contributed by atoms with E-state index in [1.54, 1.807) is 0 Å². The van der Waals surface area contributed by atoms with Crippen molar-refractivity contribution >= 4 is 6.29 Å². The van der Waals surface area contributed by atoms with Crippen LogP contribution < -0.4 is 0 Å². The highest BCUT2D eigenvalue weighted by Crippen LogP contribution is 2.63. The number of rotatable bonds is 1. The van der Waals surface area contributed by atoms with Crippen molar-refractivity contribution in [1.29, 1.82) is 0 Å². The topological polar surface area (TPSA) is 17.1 Å². The van der Waals surface area contributed by atoms with Crippen LogP contribution in [-0.4, -0.2) is 6.29 Å². The van der Waals surface area contributed by atoms with E-state index in [9.17, 15) is 4.79 Å². The Hall–Kier alpha value is -0.330. The van der Waals surface area contributed by atoms with Crippen molar-refractivity contribution in [3.05, 3.63) is 0 Å². The van der Waals surface area contributed by atoms with E-state index in [1.165, 1.54) is 25.5 Å². The Balaban J connectivity index is 2.13. The van der Waals surface area contributed by atoms with E-state index in [0.717, 1.165) is 11.8 Å². The van der Waals surface area contributed by atoms with Gasteiger partial charge in [-0.05, 0) is 31.1 Å². The molecule has 0 N–H and O–H groups in total. The first-order valence-corrected chi connectivity index (χ1v) is 3.73. The van der Waals surface area contributed by atoms with E-state index in [0.29, 0.717) is 0 Å². The highest BCUT2D eigenvalue weighted by molar-refractivity contribution is 5.65. The standard InChI is InChI=1S/C8H12O/c1-6-2-7-4-8(7,3-6)5-9/h5-7H,2-4H2,1H3/t6-,7?,8-/m0/s1. The average molecular weight is 124 g/mol. The maximum absolute atomic E-state index is 10.5. The summed E-state index contributed by atoms with van der Waals surface area (Å²) in [4.78, 5) is 10.5. The minimum absolute atomic E-state index is 0.194. The molecule has 0 bridgehead atoms. The number of aldehydes is 1. The summed E-state index contributed by atoms with van der Waals surface area (Å²) in [6.45, 7) is 2.25. The third-order valence-electron chi connectivity index (χ3n) is 2.93. The maximum atomic E-state index is 10.5. The second kappa shape index (κ2) is 1.39. The second-order valence-electron chi connectivity index (χ2n) is 3.80. The van der Waals surface area contributed by atoms with Gasteiger partial charge in [-0.1, -0.05) is 6.92 Å². The van der Waals surface area contributed by atoms with Crippen molar-refractivity contribution in [3.8, 4) is 0 Å². The number of fused-ring (bicyclic) bond motifs is 1. The van der Waals surface area contributed by atoms with Crippen molar-refractivity contribution in [2.24, 2.45) is 17.3 Å². The number of hydrogen-bond acceptors (Lipinski definition) is 1. The highest BCUT2D eigenvalue weighted by Gasteiger charge is 2.58. The molecule has 0 amide bonds. The molecule has 2 aliphatic carbocycles. The lowest BCUT2D eigenvalue weighted by molar-refractivity contribution is -0.112. The van der Waals surface area contributed by atoms with Gasteiger partial charge in [0.05, 0.1) is 0 Å². The summed E-state index contributed by atoms with van der Waals surface area (Å²) in [6, 6.07) is 0. The first-order chi connectivity index (χ1) is 4.27. The van der Waals surface area contributed by atoms with Crippen LogP contribution in [0.1, 0.15) is 26.2 Å². The molecular formula is C8H12O. The molecule has 0 aromatic carbocycles. The zero-order chi connectivity index (χ0) is 6.48. The lowest BCUT2D eigenvalue weighted by atomic mass is 10.0. The molecule has 0 heterocycles. The van der Waals surface area contributed by atoms with Crippen LogP contribution in [0.4, 0.5) is 0 Å². The van der Waals surface area contributed by atoms with Gasteiger partial charge in [0.1, 0.15) is 6.29 Å². The van der Waals surface area contributed by atoms with E-state index in [-0.39, 0.29) is 5.41 Å². The first kappa shape index (κ1) is 5.45. The van der Waals surface area contributed by atoms with Crippen LogP contribution in [0, 0.1) is 17.3 Å². The molecule has 0 aromatic heterocycles. The molecule has 1 unspecified atom stereocenters. The van der Waals surface area contributed by atoms with Gasteiger partial charge in [-0.2, -0.15) is 0 Å². The Bertz CT molecular complexity index is 153. The van der Waals surface area contributed by atoms with E-state index in [2.05, 4.69) is 6.92 Å². The fourth-order valence-electron chi connectivity index (χ4n) is 2.38. The van der Waals surface area contributed by atoms with Gasteiger partial charge in [0, 0.05) is 5.41 Å². The van der Waals surface area contributed by atoms with Crippen molar-refractivity contribution in [3.63, 3.8) is 0 Å². The molecule has 2 fully saturated rings. The van der Waals surface area contributed by atoms with Gasteiger partial charge in [0.2, 0.25) is 0 Å². The van der Waals surface area contributed by atoms with Gasteiger partial charge in [-0.3, -0.25) is 0 Å². The van der Waals surface area contributed by atoms with E-state index in [4.69, 9.17) is 0 Å². The van der Waals surface area contributed by atoms with Crippen LogP contribution in [0.5, 0.6) is 0 Å². The molecule has 0 aromatic rings. The summed E-state index contributed by atoms with van der Waals surface area (Å²) in [5.41, 5.74) is 0.194. The Morgan fingerprint density at radius 2 is 2.33 bits per heavy atom. The summed E-state index contributed by atoms with van der Waals surface area (Å²) in [5.74, 6) is 1.60. The maximum Gasteiger partial charge on any atom is 0.126 e. The number of carbonyl (C=O) groups is 1. The van der Waals surface area contributed by atoms with E-state index in [1.807, 2.05) is 0 Å². The van der Waals surface area contributed by atoms with Crippen LogP contribution in [0.2, 0.25) is 0 Å². The fourth-order valence-corrected chi connectivity index (χ4v) is 2.38. The SMILES string of the molecule is C[C@H]1CC2C[C@]2(C=O)C1. The smallest absolute Gasteiger partial charge is 0.126 e. The molecule has 1 heteroatoms. The van der Waals surface area contributed by atoms with Crippen molar-refractivity contribution in [2.75, 3.05) is 0 Å². The van der Waals surface area contributed by atoms with Crippen molar-refractivity contribution in [1.82, 2.24) is 0 Å². The van der Waals surface area contributed by atoms with Crippen LogP contribution in [0.25, 0.3) is 0 Å². The Morgan fingerprint density at radius 1 is 1.56 bits per heavy atom. The van der Waals surface area contributed by atoms with E-state index < -0.39 is 0 Å². The molecule has 0 spiro atoms. The molecular weight excluding hydrogens is 112 g/mol. The van der Waals surface area contributed by atoms with Gasteiger partial charge in [-0.15, -0.1) is 0 Å². The number of carbonyl (C=O) groups excluding carboxylic acids is 1. The van der Waals surface area contributed by atoms with Crippen LogP contribution in [0.3, 0.4) is 0 Å². The lowest BCUT2D eigenvalue weighted by Crippen LogP contribution is -2.01. The molecule has 0 radical (unpaired) electrons. The lowest BCUT2D eigenvalue weighted by Gasteiger charge is -2.03. The molecule has 0 saturated heterocycles. The van der Waals surface area contributed by atoms with Crippen molar-refractivity contribution < 1.29 is 4.79 Å². The van der Waals surface area contributed by atoms with Gasteiger partial charge in [0.15, 0.2) is 0 Å². The monoisotopic (exact) mass is 124 g/mol. The molecule has 50 valence electrons. The molecule has 2 rings (SSSR count). The van der Waals surface area contributed by atoms with Crippen molar-refractivity contribution in [2.45, 2.75) is 26.2 Å². The fraction of sp³-hybridized carbons (Fsp3) is 0.875. The van der Waals surface area contributed by atoms with Gasteiger partial charge in [0.25, 0.3) is 0 Å². The quantitative estimate of drug-likeness (QED) is 0.485.